The Balaban J connectivity index is 1.62. The van der Waals surface area contributed by atoms with E-state index in [1.54, 1.807) is 6.07 Å². The summed E-state index contributed by atoms with van der Waals surface area (Å²) in [5, 5.41) is 12.3. The van der Waals surface area contributed by atoms with Gasteiger partial charge < -0.3 is 16.0 Å². The number of nitrogens with zero attached hydrogens (tertiary/aromatic N) is 4. The number of hydrogen-bond acceptors (Lipinski definition) is 6. The quantitative estimate of drug-likeness (QED) is 0.515. The van der Waals surface area contributed by atoms with E-state index < -0.39 is 0 Å². The molecule has 2 aromatic heterocycles. The van der Waals surface area contributed by atoms with Gasteiger partial charge >= 0.3 is 0 Å². The minimum Gasteiger partial charge on any atom is -0.382 e. The number of hydrogen-bond donors (Lipinski definition) is 3. The van der Waals surface area contributed by atoms with E-state index in [2.05, 4.69) is 25.3 Å². The summed E-state index contributed by atoms with van der Waals surface area (Å²) in [4.78, 5) is 15.6. The summed E-state index contributed by atoms with van der Waals surface area (Å²) in [7, 11) is 0. The average molecular weight is 359 g/mol. The van der Waals surface area contributed by atoms with Crippen LogP contribution in [0.2, 0.25) is 0 Å². The van der Waals surface area contributed by atoms with Gasteiger partial charge in [-0.2, -0.15) is 5.26 Å². The third kappa shape index (κ3) is 3.39. The van der Waals surface area contributed by atoms with Crippen molar-refractivity contribution in [1.82, 2.24) is 19.9 Å². The van der Waals surface area contributed by atoms with Gasteiger partial charge in [-0.05, 0) is 35.9 Å². The van der Waals surface area contributed by atoms with E-state index >= 15 is 0 Å². The number of aromatic amines is 1. The Bertz CT molecular complexity index is 1180. The highest BCUT2D eigenvalue weighted by molar-refractivity contribution is 5.81. The number of imidazole rings is 1. The maximum atomic E-state index is 13.3. The van der Waals surface area contributed by atoms with Crippen LogP contribution >= 0.6 is 0 Å². The smallest absolute Gasteiger partial charge is 0.153 e. The van der Waals surface area contributed by atoms with Crippen LogP contribution in [-0.4, -0.2) is 19.9 Å². The molecule has 4 aromatic rings. The first-order valence-electron chi connectivity index (χ1n) is 8.13. The van der Waals surface area contributed by atoms with Crippen molar-refractivity contribution in [1.29, 1.82) is 5.26 Å². The minimum absolute atomic E-state index is 0.120. The van der Waals surface area contributed by atoms with Crippen molar-refractivity contribution in [3.05, 3.63) is 71.6 Å². The summed E-state index contributed by atoms with van der Waals surface area (Å²) in [6.45, 7) is 0. The Labute approximate surface area is 153 Å². The van der Waals surface area contributed by atoms with Crippen LogP contribution in [-0.2, 0) is 6.42 Å². The molecule has 0 radical (unpaired) electrons. The van der Waals surface area contributed by atoms with Gasteiger partial charge in [-0.25, -0.2) is 19.3 Å². The molecule has 0 aliphatic rings. The molecule has 0 atom stereocenters. The molecule has 0 bridgehead atoms. The molecule has 0 aliphatic carbocycles. The molecule has 27 heavy (non-hydrogen) atoms. The molecule has 7 nitrogen and oxygen atoms in total. The molecule has 4 N–H and O–H groups in total. The van der Waals surface area contributed by atoms with Crippen molar-refractivity contribution in [3.8, 4) is 6.07 Å². The number of anilines is 3. The highest BCUT2D eigenvalue weighted by Gasteiger charge is 2.10. The zero-order valence-corrected chi connectivity index (χ0v) is 14.1. The predicted octanol–water partition coefficient (Wildman–Crippen LogP) is 3.28. The van der Waals surface area contributed by atoms with Crippen molar-refractivity contribution < 1.29 is 4.39 Å². The normalized spacial score (nSPS) is 10.7. The number of nitrogens with two attached hydrogens (primary N) is 1. The first kappa shape index (κ1) is 16.5. The molecule has 4 rings (SSSR count). The van der Waals surface area contributed by atoms with Crippen molar-refractivity contribution in [2.24, 2.45) is 0 Å². The van der Waals surface area contributed by atoms with Crippen LogP contribution in [0.5, 0.6) is 0 Å². The number of H-pyrrole nitrogens is 1. The maximum Gasteiger partial charge on any atom is 0.153 e. The summed E-state index contributed by atoms with van der Waals surface area (Å²) in [6, 6.07) is 14.0. The fourth-order valence-electron chi connectivity index (χ4n) is 2.81. The van der Waals surface area contributed by atoms with E-state index in [1.807, 2.05) is 30.3 Å². The van der Waals surface area contributed by atoms with Gasteiger partial charge in [-0.3, -0.25) is 0 Å². The number of aromatic nitrogens is 4. The van der Waals surface area contributed by atoms with E-state index in [1.165, 1.54) is 18.5 Å². The molecule has 0 amide bonds. The van der Waals surface area contributed by atoms with Gasteiger partial charge in [0.05, 0.1) is 11.0 Å². The molecule has 0 saturated carbocycles. The molecule has 0 unspecified atom stereocenters. The molecule has 2 aromatic carbocycles. The average Bonchev–Trinajstić information content (AvgIpc) is 3.03. The van der Waals surface area contributed by atoms with Gasteiger partial charge in [-0.15, -0.1) is 0 Å². The Hall–Kier alpha value is -3.99. The highest BCUT2D eigenvalue weighted by atomic mass is 19.1. The Morgan fingerprint density at radius 3 is 2.89 bits per heavy atom. The third-order valence-electron chi connectivity index (χ3n) is 4.04. The van der Waals surface area contributed by atoms with Crippen LogP contribution in [0.4, 0.5) is 21.7 Å². The Kier molecular flexibility index (Phi) is 4.10. The summed E-state index contributed by atoms with van der Waals surface area (Å²) >= 11 is 0. The van der Waals surface area contributed by atoms with Gasteiger partial charge in [0.25, 0.3) is 0 Å². The fourth-order valence-corrected chi connectivity index (χ4v) is 2.81. The van der Waals surface area contributed by atoms with Crippen LogP contribution in [0.25, 0.3) is 11.0 Å². The maximum absolute atomic E-state index is 13.3. The summed E-state index contributed by atoms with van der Waals surface area (Å²) in [5.74, 6) is 0.920. The third-order valence-corrected chi connectivity index (χ3v) is 4.04. The van der Waals surface area contributed by atoms with Crippen LogP contribution in [0, 0.1) is 17.1 Å². The Morgan fingerprint density at radius 1 is 1.19 bits per heavy atom. The fraction of sp³-hybridized carbons (Fsp3) is 0.0526. The van der Waals surface area contributed by atoms with Gasteiger partial charge in [0, 0.05) is 12.1 Å². The lowest BCUT2D eigenvalue weighted by molar-refractivity contribution is 0.626. The van der Waals surface area contributed by atoms with E-state index in [0.29, 0.717) is 12.2 Å². The zero-order chi connectivity index (χ0) is 18.8. The lowest BCUT2D eigenvalue weighted by Crippen LogP contribution is -2.02. The van der Waals surface area contributed by atoms with Gasteiger partial charge in [-0.1, -0.05) is 12.1 Å². The molecular formula is C19H14FN7. The van der Waals surface area contributed by atoms with Crippen LogP contribution < -0.4 is 11.1 Å². The number of fused-ring (bicyclic) bond motifs is 1. The van der Waals surface area contributed by atoms with Gasteiger partial charge in [0.15, 0.2) is 5.82 Å². The number of halogens is 1. The molecule has 0 fully saturated rings. The second-order valence-electron chi connectivity index (χ2n) is 5.94. The number of nitriles is 1. The van der Waals surface area contributed by atoms with Gasteiger partial charge in [0.2, 0.25) is 0 Å². The topological polar surface area (TPSA) is 116 Å². The van der Waals surface area contributed by atoms with Crippen molar-refractivity contribution in [3.63, 3.8) is 0 Å². The number of nitrogens with one attached hydrogen (secondary N) is 2. The largest absolute Gasteiger partial charge is 0.382 e. The molecule has 0 aliphatic heterocycles. The standard InChI is InChI=1S/C19H14FN7/c20-12-3-1-2-11(6-12)7-17-26-15-5-4-13(8-16(15)27-17)25-19-14(9-21)18(22)23-10-24-19/h1-6,8,10H,7H2,(H,26,27)(H3,22,23,24,25). The van der Waals surface area contributed by atoms with Crippen LogP contribution in [0.15, 0.2) is 48.8 Å². The van der Waals surface area contributed by atoms with E-state index in [-0.39, 0.29) is 17.2 Å². The predicted molar refractivity (Wildman–Crippen MR) is 99.7 cm³/mol. The highest BCUT2D eigenvalue weighted by Crippen LogP contribution is 2.24. The SMILES string of the molecule is N#Cc1c(N)ncnc1Nc1ccc2nc(Cc3cccc(F)c3)[nH]c2c1. The second kappa shape index (κ2) is 6.72. The first-order valence-corrected chi connectivity index (χ1v) is 8.13. The summed E-state index contributed by atoms with van der Waals surface area (Å²) in [6.07, 6.45) is 1.79. The summed E-state index contributed by atoms with van der Waals surface area (Å²) in [5.41, 5.74) is 9.05. The molecule has 2 heterocycles. The summed E-state index contributed by atoms with van der Waals surface area (Å²) < 4.78 is 13.3. The van der Waals surface area contributed by atoms with E-state index in [0.717, 1.165) is 28.1 Å². The zero-order valence-electron chi connectivity index (χ0n) is 14.1. The molecule has 0 saturated heterocycles. The van der Waals surface area contributed by atoms with E-state index in [9.17, 15) is 9.65 Å². The van der Waals surface area contributed by atoms with Crippen molar-refractivity contribution in [2.45, 2.75) is 6.42 Å². The number of nitrogen functional groups attached to an aromatic ring is 1. The van der Waals surface area contributed by atoms with Crippen molar-refractivity contribution >= 4 is 28.4 Å². The Morgan fingerprint density at radius 2 is 2.07 bits per heavy atom. The lowest BCUT2D eigenvalue weighted by atomic mass is 10.1. The first-order chi connectivity index (χ1) is 13.1. The number of rotatable bonds is 4. The van der Waals surface area contributed by atoms with E-state index in [4.69, 9.17) is 5.73 Å². The monoisotopic (exact) mass is 359 g/mol. The second-order valence-corrected chi connectivity index (χ2v) is 5.94. The molecular weight excluding hydrogens is 345 g/mol. The van der Waals surface area contributed by atoms with Gasteiger partial charge in [0.1, 0.15) is 35.4 Å². The van der Waals surface area contributed by atoms with Crippen LogP contribution in [0.1, 0.15) is 17.0 Å². The van der Waals surface area contributed by atoms with Crippen LogP contribution in [0.3, 0.4) is 0 Å². The molecule has 8 heteroatoms. The number of benzene rings is 2. The molecule has 0 spiro atoms. The lowest BCUT2D eigenvalue weighted by Gasteiger charge is -2.07. The van der Waals surface area contributed by atoms with Crippen molar-refractivity contribution in [2.75, 3.05) is 11.1 Å². The minimum atomic E-state index is -0.271. The molecule has 132 valence electrons.